The molecule has 3 rings (SSSR count). The van der Waals surface area contributed by atoms with Gasteiger partial charge in [0.2, 0.25) is 0 Å². The molecule has 2 fully saturated rings. The fourth-order valence-electron chi connectivity index (χ4n) is 3.91. The summed E-state index contributed by atoms with van der Waals surface area (Å²) in [4.78, 5) is 0. The minimum absolute atomic E-state index is 0.00964. The number of fused-ring (bicyclic) bond motifs is 1. The molecule has 4 heteroatoms. The van der Waals surface area contributed by atoms with Gasteiger partial charge in [0, 0.05) is 17.1 Å². The van der Waals surface area contributed by atoms with Crippen molar-refractivity contribution < 1.29 is 9.47 Å². The third kappa shape index (κ3) is 2.27. The maximum Gasteiger partial charge on any atom is 0.162 e. The van der Waals surface area contributed by atoms with Crippen LogP contribution in [0.4, 0.5) is 0 Å². The van der Waals surface area contributed by atoms with Gasteiger partial charge in [-0.1, -0.05) is 24.4 Å². The maximum absolute atomic E-state index is 6.50. The van der Waals surface area contributed by atoms with E-state index in [1.54, 1.807) is 14.2 Å². The summed E-state index contributed by atoms with van der Waals surface area (Å²) in [7, 11) is 3.25. The van der Waals surface area contributed by atoms with Crippen LogP contribution in [-0.4, -0.2) is 14.2 Å². The zero-order valence-corrected chi connectivity index (χ0v) is 12.8. The number of hydrogen-bond donors (Lipinski definition) is 1. The molecule has 2 saturated carbocycles. The largest absolute Gasteiger partial charge is 0.493 e. The molecular formula is C16H22ClNO2. The summed E-state index contributed by atoms with van der Waals surface area (Å²) in [5, 5.41) is 0.679. The van der Waals surface area contributed by atoms with Crippen LogP contribution in [0.15, 0.2) is 12.1 Å². The quantitative estimate of drug-likeness (QED) is 0.919. The first-order chi connectivity index (χ1) is 9.67. The van der Waals surface area contributed by atoms with Crippen LogP contribution in [0.3, 0.4) is 0 Å². The summed E-state index contributed by atoms with van der Waals surface area (Å²) >= 11 is 6.39. The Morgan fingerprint density at radius 2 is 1.65 bits per heavy atom. The molecule has 3 unspecified atom stereocenters. The second-order valence-electron chi connectivity index (χ2n) is 5.94. The normalized spacial score (nSPS) is 29.5. The third-order valence-corrected chi connectivity index (χ3v) is 5.33. The standard InChI is InChI=1S/C16H22ClNO2/c1-19-13-7-11(12(17)8-14(13)20-2)16(18)15-9-5-3-4-6-10(9)15/h7-10,15-16H,3-6,18H2,1-2H3. The zero-order valence-electron chi connectivity index (χ0n) is 12.1. The average molecular weight is 296 g/mol. The van der Waals surface area contributed by atoms with Gasteiger partial charge in [0.25, 0.3) is 0 Å². The van der Waals surface area contributed by atoms with Gasteiger partial charge >= 0.3 is 0 Å². The second kappa shape index (κ2) is 5.45. The van der Waals surface area contributed by atoms with E-state index >= 15 is 0 Å². The van der Waals surface area contributed by atoms with E-state index < -0.39 is 0 Å². The lowest BCUT2D eigenvalue weighted by Gasteiger charge is -2.17. The van der Waals surface area contributed by atoms with Crippen LogP contribution in [0, 0.1) is 17.8 Å². The summed E-state index contributed by atoms with van der Waals surface area (Å²) in [5.41, 5.74) is 7.48. The van der Waals surface area contributed by atoms with Gasteiger partial charge in [0.15, 0.2) is 11.5 Å². The molecule has 0 radical (unpaired) electrons. The molecule has 0 amide bonds. The lowest BCUT2D eigenvalue weighted by Crippen LogP contribution is -2.15. The molecule has 0 spiro atoms. The van der Waals surface area contributed by atoms with Crippen molar-refractivity contribution in [1.29, 1.82) is 0 Å². The molecule has 1 aromatic carbocycles. The highest BCUT2D eigenvalue weighted by molar-refractivity contribution is 6.31. The first kappa shape index (κ1) is 14.0. The molecular weight excluding hydrogens is 274 g/mol. The number of rotatable bonds is 4. The van der Waals surface area contributed by atoms with Crippen molar-refractivity contribution >= 4 is 11.6 Å². The van der Waals surface area contributed by atoms with E-state index in [0.717, 1.165) is 17.4 Å². The second-order valence-corrected chi connectivity index (χ2v) is 6.35. The van der Waals surface area contributed by atoms with E-state index in [0.29, 0.717) is 22.4 Å². The fourth-order valence-corrected chi connectivity index (χ4v) is 4.19. The highest BCUT2D eigenvalue weighted by Crippen LogP contribution is 2.60. The molecule has 0 aliphatic heterocycles. The number of benzene rings is 1. The lowest BCUT2D eigenvalue weighted by atomic mass is 10.00. The Bertz CT molecular complexity index is 493. The van der Waals surface area contributed by atoms with E-state index in [2.05, 4.69) is 0 Å². The van der Waals surface area contributed by atoms with E-state index in [1.807, 2.05) is 12.1 Å². The van der Waals surface area contributed by atoms with Crippen molar-refractivity contribution in [2.45, 2.75) is 31.7 Å². The molecule has 0 heterocycles. The molecule has 20 heavy (non-hydrogen) atoms. The van der Waals surface area contributed by atoms with Crippen LogP contribution < -0.4 is 15.2 Å². The van der Waals surface area contributed by atoms with Crippen molar-refractivity contribution in [3.05, 3.63) is 22.7 Å². The SMILES string of the molecule is COc1cc(Cl)c(C(N)C2C3CCCCC32)cc1OC. The first-order valence-electron chi connectivity index (χ1n) is 7.34. The van der Waals surface area contributed by atoms with Crippen LogP contribution in [0.25, 0.3) is 0 Å². The molecule has 0 bridgehead atoms. The molecule has 0 saturated heterocycles. The number of ether oxygens (including phenoxy) is 2. The Morgan fingerprint density at radius 3 is 2.20 bits per heavy atom. The molecule has 3 atom stereocenters. The van der Waals surface area contributed by atoms with Gasteiger partial charge in [-0.3, -0.25) is 0 Å². The number of halogens is 1. The van der Waals surface area contributed by atoms with Crippen molar-refractivity contribution in [3.8, 4) is 11.5 Å². The highest BCUT2D eigenvalue weighted by Gasteiger charge is 2.53. The maximum atomic E-state index is 6.50. The van der Waals surface area contributed by atoms with Crippen molar-refractivity contribution in [2.75, 3.05) is 14.2 Å². The minimum atomic E-state index is 0.00964. The number of hydrogen-bond acceptors (Lipinski definition) is 3. The van der Waals surface area contributed by atoms with E-state index in [4.69, 9.17) is 26.8 Å². The summed E-state index contributed by atoms with van der Waals surface area (Å²) < 4.78 is 10.6. The molecule has 2 aliphatic carbocycles. The number of methoxy groups -OCH3 is 2. The predicted molar refractivity (Wildman–Crippen MR) is 80.4 cm³/mol. The van der Waals surface area contributed by atoms with Gasteiger partial charge < -0.3 is 15.2 Å². The lowest BCUT2D eigenvalue weighted by molar-refractivity contribution is 0.354. The number of nitrogens with two attached hydrogens (primary N) is 1. The van der Waals surface area contributed by atoms with Gasteiger partial charge in [-0.05, 0) is 42.2 Å². The van der Waals surface area contributed by atoms with Gasteiger partial charge in [0.1, 0.15) is 0 Å². The predicted octanol–water partition coefficient (Wildman–Crippen LogP) is 3.79. The Balaban J connectivity index is 1.86. The Labute approximate surface area is 125 Å². The summed E-state index contributed by atoms with van der Waals surface area (Å²) in [6, 6.07) is 3.76. The Morgan fingerprint density at radius 1 is 1.10 bits per heavy atom. The Kier molecular flexibility index (Phi) is 3.83. The van der Waals surface area contributed by atoms with Crippen LogP contribution in [0.5, 0.6) is 11.5 Å². The zero-order chi connectivity index (χ0) is 14.3. The molecule has 2 N–H and O–H groups in total. The molecule has 2 aliphatic rings. The van der Waals surface area contributed by atoms with Crippen LogP contribution in [0.2, 0.25) is 5.02 Å². The van der Waals surface area contributed by atoms with Crippen molar-refractivity contribution in [1.82, 2.24) is 0 Å². The minimum Gasteiger partial charge on any atom is -0.493 e. The monoisotopic (exact) mass is 295 g/mol. The van der Waals surface area contributed by atoms with E-state index in [9.17, 15) is 0 Å². The third-order valence-electron chi connectivity index (χ3n) is 5.00. The highest BCUT2D eigenvalue weighted by atomic mass is 35.5. The summed E-state index contributed by atoms with van der Waals surface area (Å²) in [6.45, 7) is 0. The van der Waals surface area contributed by atoms with Crippen molar-refractivity contribution in [2.24, 2.45) is 23.5 Å². The summed E-state index contributed by atoms with van der Waals surface area (Å²) in [6.07, 6.45) is 5.36. The van der Waals surface area contributed by atoms with Crippen LogP contribution in [0.1, 0.15) is 37.3 Å². The van der Waals surface area contributed by atoms with E-state index in [1.165, 1.54) is 25.7 Å². The van der Waals surface area contributed by atoms with E-state index in [-0.39, 0.29) is 6.04 Å². The first-order valence-corrected chi connectivity index (χ1v) is 7.72. The molecule has 1 aromatic rings. The topological polar surface area (TPSA) is 44.5 Å². The van der Waals surface area contributed by atoms with Gasteiger partial charge in [0.05, 0.1) is 14.2 Å². The van der Waals surface area contributed by atoms with Crippen LogP contribution in [-0.2, 0) is 0 Å². The van der Waals surface area contributed by atoms with Gasteiger partial charge in [-0.25, -0.2) is 0 Å². The molecule has 0 aromatic heterocycles. The Hall–Kier alpha value is -0.930. The summed E-state index contributed by atoms with van der Waals surface area (Å²) in [5.74, 6) is 3.56. The van der Waals surface area contributed by atoms with Gasteiger partial charge in [-0.15, -0.1) is 0 Å². The van der Waals surface area contributed by atoms with Crippen LogP contribution >= 0.6 is 11.6 Å². The smallest absolute Gasteiger partial charge is 0.162 e. The average Bonchev–Trinajstić information content (AvgIpc) is 3.20. The molecule has 110 valence electrons. The van der Waals surface area contributed by atoms with Gasteiger partial charge in [-0.2, -0.15) is 0 Å². The fraction of sp³-hybridized carbons (Fsp3) is 0.625. The van der Waals surface area contributed by atoms with Crippen molar-refractivity contribution in [3.63, 3.8) is 0 Å². The molecule has 3 nitrogen and oxygen atoms in total.